The van der Waals surface area contributed by atoms with Crippen LogP contribution in [0.25, 0.3) is 33.7 Å². The molecule has 0 amide bonds. The Morgan fingerprint density at radius 2 is 1.58 bits per heavy atom. The predicted molar refractivity (Wildman–Crippen MR) is 150 cm³/mol. The Kier molecular flexibility index (Phi) is 5.98. The fraction of sp³-hybridized carbons (Fsp3) is 0.258. The molecule has 1 saturated heterocycles. The molecule has 5 heterocycles. The van der Waals surface area contributed by atoms with E-state index in [1.54, 1.807) is 6.20 Å². The number of aromatic nitrogens is 5. The minimum absolute atomic E-state index is 0.484. The zero-order valence-corrected chi connectivity index (χ0v) is 21.2. The molecule has 0 unspecified atom stereocenters. The Balaban J connectivity index is 1.08. The van der Waals surface area contributed by atoms with Crippen molar-refractivity contribution in [2.45, 2.75) is 38.3 Å². The van der Waals surface area contributed by atoms with Crippen LogP contribution in [0, 0.1) is 0 Å². The highest BCUT2D eigenvalue weighted by atomic mass is 15.2. The molecule has 1 fully saturated rings. The molecule has 0 spiro atoms. The minimum Gasteiger partial charge on any atom is -0.312 e. The standard InChI is InChI=1S/C31H29N7/c1-2-6-23(7-3-1)29-28(35-26-8-4-16-32-30(26)36-29)24-12-10-22(11-13-24)20-37-18-14-25(15-19-37)38-21-34-27-9-5-17-33-31(27)38/h1-4,6-8,10-13,16-17,21,25H,5,9,14-15,18-20H2. The molecular formula is C31H29N7. The van der Waals surface area contributed by atoms with E-state index < -0.39 is 0 Å². The highest BCUT2D eigenvalue weighted by Crippen LogP contribution is 2.33. The highest BCUT2D eigenvalue weighted by molar-refractivity contribution is 5.84. The molecule has 0 saturated carbocycles. The minimum atomic E-state index is 0.484. The van der Waals surface area contributed by atoms with Crippen LogP contribution in [0.15, 0.2) is 84.2 Å². The van der Waals surface area contributed by atoms with E-state index in [2.05, 4.69) is 60.8 Å². The molecule has 188 valence electrons. The summed E-state index contributed by atoms with van der Waals surface area (Å²) < 4.78 is 2.31. The van der Waals surface area contributed by atoms with Crippen molar-refractivity contribution >= 4 is 23.2 Å². The van der Waals surface area contributed by atoms with Crippen molar-refractivity contribution in [1.29, 1.82) is 0 Å². The summed E-state index contributed by atoms with van der Waals surface area (Å²) >= 11 is 0. The van der Waals surface area contributed by atoms with Crippen LogP contribution in [0.1, 0.15) is 36.6 Å². The average molecular weight is 500 g/mol. The number of rotatable bonds is 5. The van der Waals surface area contributed by atoms with E-state index in [-0.39, 0.29) is 0 Å². The molecule has 2 aromatic carbocycles. The van der Waals surface area contributed by atoms with Gasteiger partial charge in [-0.15, -0.1) is 0 Å². The predicted octanol–water partition coefficient (Wildman–Crippen LogP) is 6.04. The van der Waals surface area contributed by atoms with Crippen LogP contribution >= 0.6 is 0 Å². The number of pyridine rings is 1. The molecule has 7 heteroatoms. The van der Waals surface area contributed by atoms with Crippen LogP contribution < -0.4 is 0 Å². The SMILES string of the molecule is C1=Nc2c(ncn2C2CCN(Cc3ccc(-c4nc5cccnc5nc4-c4ccccc4)cc3)CC2)CC1. The van der Waals surface area contributed by atoms with Gasteiger partial charge in [-0.05, 0) is 43.4 Å². The molecule has 0 atom stereocenters. The molecule has 7 rings (SSSR count). The largest absolute Gasteiger partial charge is 0.312 e. The Bertz CT molecular complexity index is 1600. The first-order chi connectivity index (χ1) is 18.8. The van der Waals surface area contributed by atoms with Gasteiger partial charge in [0.2, 0.25) is 0 Å². The van der Waals surface area contributed by atoms with E-state index in [9.17, 15) is 0 Å². The monoisotopic (exact) mass is 499 g/mol. The lowest BCUT2D eigenvalue weighted by molar-refractivity contribution is 0.180. The maximum Gasteiger partial charge on any atom is 0.178 e. The van der Waals surface area contributed by atoms with E-state index in [0.717, 1.165) is 84.9 Å². The summed E-state index contributed by atoms with van der Waals surface area (Å²) in [5.41, 5.74) is 7.78. The van der Waals surface area contributed by atoms with E-state index >= 15 is 0 Å². The van der Waals surface area contributed by atoms with Crippen molar-refractivity contribution in [3.63, 3.8) is 0 Å². The van der Waals surface area contributed by atoms with Crippen LogP contribution in [0.3, 0.4) is 0 Å². The zero-order chi connectivity index (χ0) is 25.3. The molecule has 0 aliphatic carbocycles. The van der Waals surface area contributed by atoms with Gasteiger partial charge < -0.3 is 4.57 Å². The van der Waals surface area contributed by atoms with Gasteiger partial charge in [-0.3, -0.25) is 4.90 Å². The zero-order valence-electron chi connectivity index (χ0n) is 21.2. The molecule has 2 aliphatic rings. The molecular weight excluding hydrogens is 470 g/mol. The van der Waals surface area contributed by atoms with E-state index in [1.807, 2.05) is 42.9 Å². The Labute approximate surface area is 222 Å². The van der Waals surface area contributed by atoms with Crippen molar-refractivity contribution in [1.82, 2.24) is 29.4 Å². The third-order valence-electron chi connectivity index (χ3n) is 7.64. The molecule has 7 nitrogen and oxygen atoms in total. The van der Waals surface area contributed by atoms with Crippen LogP contribution in [0.2, 0.25) is 0 Å². The van der Waals surface area contributed by atoms with E-state index in [1.165, 1.54) is 5.56 Å². The number of aliphatic imine (C=N–C) groups is 1. The maximum atomic E-state index is 4.98. The molecule has 0 N–H and O–H groups in total. The maximum absolute atomic E-state index is 4.98. The van der Waals surface area contributed by atoms with Crippen molar-refractivity contribution < 1.29 is 0 Å². The fourth-order valence-corrected chi connectivity index (χ4v) is 5.60. The summed E-state index contributed by atoms with van der Waals surface area (Å²) in [4.78, 5) is 26.1. The number of imidazole rings is 1. The van der Waals surface area contributed by atoms with Gasteiger partial charge in [-0.25, -0.2) is 24.9 Å². The van der Waals surface area contributed by atoms with Gasteiger partial charge in [-0.2, -0.15) is 0 Å². The summed E-state index contributed by atoms with van der Waals surface area (Å²) in [5.74, 6) is 1.08. The summed E-state index contributed by atoms with van der Waals surface area (Å²) in [6.45, 7) is 3.10. The van der Waals surface area contributed by atoms with Crippen LogP contribution in [-0.2, 0) is 13.0 Å². The van der Waals surface area contributed by atoms with Crippen LogP contribution in [0.4, 0.5) is 5.82 Å². The van der Waals surface area contributed by atoms with Crippen molar-refractivity contribution in [2.24, 2.45) is 4.99 Å². The highest BCUT2D eigenvalue weighted by Gasteiger charge is 2.24. The molecule has 3 aromatic heterocycles. The number of hydrogen-bond acceptors (Lipinski definition) is 6. The smallest absolute Gasteiger partial charge is 0.178 e. The number of piperidine rings is 1. The van der Waals surface area contributed by atoms with Gasteiger partial charge in [0.15, 0.2) is 11.5 Å². The third-order valence-corrected chi connectivity index (χ3v) is 7.64. The number of likely N-dealkylation sites (tertiary alicyclic amines) is 1. The van der Waals surface area contributed by atoms with Gasteiger partial charge in [0.05, 0.1) is 23.4 Å². The lowest BCUT2D eigenvalue weighted by Crippen LogP contribution is -2.34. The second-order valence-corrected chi connectivity index (χ2v) is 10.1. The summed E-state index contributed by atoms with van der Waals surface area (Å²) in [6.07, 6.45) is 10.0. The first-order valence-electron chi connectivity index (χ1n) is 13.4. The number of aryl methyl sites for hydroxylation is 1. The Hall–Kier alpha value is -4.23. The quantitative estimate of drug-likeness (QED) is 0.295. The lowest BCUT2D eigenvalue weighted by Gasteiger charge is -2.33. The van der Waals surface area contributed by atoms with Gasteiger partial charge >= 0.3 is 0 Å². The summed E-state index contributed by atoms with van der Waals surface area (Å²) in [6, 6.07) is 23.4. The van der Waals surface area contributed by atoms with Crippen LogP contribution in [0.5, 0.6) is 0 Å². The van der Waals surface area contributed by atoms with Gasteiger partial charge in [0.1, 0.15) is 5.52 Å². The molecule has 0 bridgehead atoms. The van der Waals surface area contributed by atoms with Crippen LogP contribution in [-0.4, -0.2) is 48.7 Å². The second-order valence-electron chi connectivity index (χ2n) is 10.1. The Morgan fingerprint density at radius 1 is 0.789 bits per heavy atom. The molecule has 5 aromatic rings. The molecule has 38 heavy (non-hydrogen) atoms. The van der Waals surface area contributed by atoms with Crippen molar-refractivity contribution in [3.8, 4) is 22.5 Å². The topological polar surface area (TPSA) is 72.1 Å². The van der Waals surface area contributed by atoms with Gasteiger partial charge in [-0.1, -0.05) is 54.6 Å². The number of benzene rings is 2. The molecule has 2 aliphatic heterocycles. The summed E-state index contributed by atoms with van der Waals surface area (Å²) in [5, 5.41) is 0. The average Bonchev–Trinajstić information content (AvgIpc) is 3.42. The Morgan fingerprint density at radius 3 is 2.42 bits per heavy atom. The summed E-state index contributed by atoms with van der Waals surface area (Å²) in [7, 11) is 0. The first kappa shape index (κ1) is 22.9. The van der Waals surface area contributed by atoms with E-state index in [4.69, 9.17) is 9.97 Å². The normalized spacial score (nSPS) is 16.1. The van der Waals surface area contributed by atoms with Crippen molar-refractivity contribution in [2.75, 3.05) is 13.1 Å². The number of nitrogens with zero attached hydrogens (tertiary/aromatic N) is 7. The second kappa shape index (κ2) is 9.91. The number of fused-ring (bicyclic) bond motifs is 2. The van der Waals surface area contributed by atoms with Gasteiger partial charge in [0.25, 0.3) is 0 Å². The van der Waals surface area contributed by atoms with Crippen molar-refractivity contribution in [3.05, 3.63) is 90.5 Å². The molecule has 0 radical (unpaired) electrons. The fourth-order valence-electron chi connectivity index (χ4n) is 5.60. The third kappa shape index (κ3) is 4.39. The van der Waals surface area contributed by atoms with E-state index in [0.29, 0.717) is 11.7 Å². The van der Waals surface area contributed by atoms with Gasteiger partial charge in [0, 0.05) is 49.2 Å². The first-order valence-corrected chi connectivity index (χ1v) is 13.4. The lowest BCUT2D eigenvalue weighted by atomic mass is 10.0. The number of hydrogen-bond donors (Lipinski definition) is 0.